The second-order valence-electron chi connectivity index (χ2n) is 2.81. The van der Waals surface area contributed by atoms with Gasteiger partial charge in [-0.2, -0.15) is 13.5 Å². The maximum atomic E-state index is 12.6. The monoisotopic (exact) mass is 173 g/mol. The van der Waals surface area contributed by atoms with Crippen molar-refractivity contribution in [3.63, 3.8) is 0 Å². The number of pyridine rings is 1. The molecule has 0 unspecified atom stereocenters. The summed E-state index contributed by atoms with van der Waals surface area (Å²) in [5, 5.41) is 10.9. The van der Waals surface area contributed by atoms with Gasteiger partial charge in [-0.3, -0.25) is 0 Å². The largest absolute Gasteiger partial charge is 0.618 e. The fourth-order valence-electron chi connectivity index (χ4n) is 0.921. The third-order valence-electron chi connectivity index (χ3n) is 1.51. The highest BCUT2D eigenvalue weighted by molar-refractivity contribution is 5.10. The van der Waals surface area contributed by atoms with Gasteiger partial charge >= 0.3 is 5.92 Å². The Labute approximate surface area is 69.0 Å². The maximum absolute atomic E-state index is 12.6. The molecule has 1 aromatic rings. The van der Waals surface area contributed by atoms with Crippen LogP contribution in [0.25, 0.3) is 0 Å². The van der Waals surface area contributed by atoms with Crippen molar-refractivity contribution in [2.24, 2.45) is 0 Å². The minimum Gasteiger partial charge on any atom is -0.618 e. The molecule has 0 radical (unpaired) electrons. The van der Waals surface area contributed by atoms with Crippen LogP contribution in [0.15, 0.2) is 18.3 Å². The molecule has 0 saturated carbocycles. The van der Waals surface area contributed by atoms with Crippen molar-refractivity contribution in [1.82, 2.24) is 0 Å². The molecule has 0 aliphatic heterocycles. The molecule has 0 fully saturated rings. The summed E-state index contributed by atoms with van der Waals surface area (Å²) in [5.74, 6) is -3.07. The lowest BCUT2D eigenvalue weighted by atomic mass is 10.2. The van der Waals surface area contributed by atoms with Crippen LogP contribution in [-0.4, -0.2) is 0 Å². The summed E-state index contributed by atoms with van der Waals surface area (Å²) < 4.78 is 25.5. The van der Waals surface area contributed by atoms with E-state index in [0.717, 1.165) is 12.3 Å². The van der Waals surface area contributed by atoms with Crippen molar-refractivity contribution in [2.75, 3.05) is 0 Å². The molecule has 0 atom stereocenters. The van der Waals surface area contributed by atoms with Crippen LogP contribution >= 0.6 is 0 Å². The lowest BCUT2D eigenvalue weighted by molar-refractivity contribution is -0.624. The fourth-order valence-corrected chi connectivity index (χ4v) is 0.921. The second-order valence-corrected chi connectivity index (χ2v) is 2.81. The zero-order chi connectivity index (χ0) is 9.35. The Morgan fingerprint density at radius 1 is 1.42 bits per heavy atom. The van der Waals surface area contributed by atoms with Crippen LogP contribution in [0.3, 0.4) is 0 Å². The highest BCUT2D eigenvalue weighted by Gasteiger charge is 2.32. The molecule has 0 aromatic carbocycles. The molecule has 4 heteroatoms. The molecule has 0 aliphatic rings. The number of hydrogen-bond acceptors (Lipinski definition) is 1. The SMILES string of the molecule is Cc1ccc(C(C)(F)F)[n+]([O-])c1. The Hall–Kier alpha value is -1.19. The quantitative estimate of drug-likeness (QED) is 0.469. The summed E-state index contributed by atoms with van der Waals surface area (Å²) in [6, 6.07) is 2.63. The molecule has 0 spiro atoms. The van der Waals surface area contributed by atoms with Crippen LogP contribution < -0.4 is 4.73 Å². The Morgan fingerprint density at radius 3 is 2.42 bits per heavy atom. The fraction of sp³-hybridized carbons (Fsp3) is 0.375. The van der Waals surface area contributed by atoms with Gasteiger partial charge in [0.25, 0.3) is 5.69 Å². The molecule has 12 heavy (non-hydrogen) atoms. The molecule has 0 amide bonds. The van der Waals surface area contributed by atoms with Crippen LogP contribution in [0.2, 0.25) is 0 Å². The smallest absolute Gasteiger partial charge is 0.328 e. The van der Waals surface area contributed by atoms with E-state index < -0.39 is 11.6 Å². The molecule has 0 N–H and O–H groups in total. The summed E-state index contributed by atoms with van der Waals surface area (Å²) in [7, 11) is 0. The predicted molar refractivity (Wildman–Crippen MR) is 39.7 cm³/mol. The molecule has 1 heterocycles. The highest BCUT2D eigenvalue weighted by atomic mass is 19.3. The average Bonchev–Trinajstić information content (AvgIpc) is 1.83. The first-order chi connectivity index (χ1) is 5.41. The molecule has 1 rings (SSSR count). The third-order valence-corrected chi connectivity index (χ3v) is 1.51. The van der Waals surface area contributed by atoms with Gasteiger partial charge in [0.15, 0.2) is 6.20 Å². The number of aromatic nitrogens is 1. The van der Waals surface area contributed by atoms with Crippen molar-refractivity contribution in [3.05, 3.63) is 34.8 Å². The summed E-state index contributed by atoms with van der Waals surface area (Å²) in [5.41, 5.74) is 0.145. The van der Waals surface area contributed by atoms with E-state index in [9.17, 15) is 14.0 Å². The van der Waals surface area contributed by atoms with Gasteiger partial charge in [-0.1, -0.05) is 0 Å². The standard InChI is InChI=1S/C8H9F2NO/c1-6-3-4-7(8(2,9)10)11(12)5-6/h3-5H,1-2H3. The minimum atomic E-state index is -3.07. The van der Waals surface area contributed by atoms with Gasteiger partial charge < -0.3 is 5.21 Å². The summed E-state index contributed by atoms with van der Waals surface area (Å²) >= 11 is 0. The highest BCUT2D eigenvalue weighted by Crippen LogP contribution is 2.23. The Balaban J connectivity index is 3.19. The molecule has 0 saturated heterocycles. The summed E-state index contributed by atoms with van der Waals surface area (Å²) in [6.45, 7) is 2.37. The number of halogens is 2. The Kier molecular flexibility index (Phi) is 2.00. The number of alkyl halides is 2. The first-order valence-electron chi connectivity index (χ1n) is 3.49. The third kappa shape index (κ3) is 1.69. The molecule has 66 valence electrons. The topological polar surface area (TPSA) is 26.9 Å². The molecule has 2 nitrogen and oxygen atoms in total. The van der Waals surface area contributed by atoms with Crippen molar-refractivity contribution in [1.29, 1.82) is 0 Å². The Bertz CT molecular complexity index is 294. The van der Waals surface area contributed by atoms with Gasteiger partial charge in [0, 0.05) is 18.6 Å². The normalized spacial score (nSPS) is 11.7. The van der Waals surface area contributed by atoms with Crippen LogP contribution in [-0.2, 0) is 5.92 Å². The van der Waals surface area contributed by atoms with Gasteiger partial charge in [-0.15, -0.1) is 0 Å². The number of hydrogen-bond donors (Lipinski definition) is 0. The number of nitrogens with zero attached hydrogens (tertiary/aromatic N) is 1. The van der Waals surface area contributed by atoms with E-state index in [2.05, 4.69) is 0 Å². The van der Waals surface area contributed by atoms with E-state index >= 15 is 0 Å². The van der Waals surface area contributed by atoms with Gasteiger partial charge in [-0.05, 0) is 13.0 Å². The van der Waals surface area contributed by atoms with Gasteiger partial charge in [0.2, 0.25) is 0 Å². The van der Waals surface area contributed by atoms with E-state index in [4.69, 9.17) is 0 Å². The molecule has 1 aromatic heterocycles. The first-order valence-corrected chi connectivity index (χ1v) is 3.49. The van der Waals surface area contributed by atoms with Crippen molar-refractivity contribution >= 4 is 0 Å². The van der Waals surface area contributed by atoms with E-state index in [-0.39, 0.29) is 4.73 Å². The van der Waals surface area contributed by atoms with Crippen LogP contribution in [0.1, 0.15) is 18.2 Å². The van der Waals surface area contributed by atoms with Crippen LogP contribution in [0.4, 0.5) is 8.78 Å². The van der Waals surface area contributed by atoms with Crippen LogP contribution in [0, 0.1) is 12.1 Å². The second kappa shape index (κ2) is 2.69. The van der Waals surface area contributed by atoms with E-state index in [1.807, 2.05) is 0 Å². The molecule has 0 bridgehead atoms. The number of rotatable bonds is 1. The number of aryl methyl sites for hydroxylation is 1. The molecule has 0 aliphatic carbocycles. The Morgan fingerprint density at radius 2 is 2.00 bits per heavy atom. The lowest BCUT2D eigenvalue weighted by Gasteiger charge is -2.10. The first kappa shape index (κ1) is 8.90. The molecular weight excluding hydrogens is 164 g/mol. The average molecular weight is 173 g/mol. The zero-order valence-corrected chi connectivity index (χ0v) is 6.84. The maximum Gasteiger partial charge on any atom is 0.328 e. The minimum absolute atomic E-state index is 0.204. The summed E-state index contributed by atoms with van der Waals surface area (Å²) in [4.78, 5) is 0. The summed E-state index contributed by atoms with van der Waals surface area (Å²) in [6.07, 6.45) is 1.13. The lowest BCUT2D eigenvalue weighted by Crippen LogP contribution is -2.36. The van der Waals surface area contributed by atoms with Gasteiger partial charge in [0.05, 0.1) is 0 Å². The van der Waals surface area contributed by atoms with E-state index in [0.29, 0.717) is 12.5 Å². The van der Waals surface area contributed by atoms with E-state index in [1.165, 1.54) is 6.07 Å². The van der Waals surface area contributed by atoms with Crippen LogP contribution in [0.5, 0.6) is 0 Å². The zero-order valence-electron chi connectivity index (χ0n) is 6.84. The van der Waals surface area contributed by atoms with E-state index in [1.54, 1.807) is 6.92 Å². The van der Waals surface area contributed by atoms with Crippen molar-refractivity contribution in [3.8, 4) is 0 Å². The van der Waals surface area contributed by atoms with Gasteiger partial charge in [0.1, 0.15) is 0 Å². The predicted octanol–water partition coefficient (Wildman–Crippen LogP) is 1.74. The van der Waals surface area contributed by atoms with Crippen molar-refractivity contribution in [2.45, 2.75) is 19.8 Å². The van der Waals surface area contributed by atoms with Gasteiger partial charge in [-0.25, -0.2) is 0 Å². The van der Waals surface area contributed by atoms with Crippen molar-refractivity contribution < 1.29 is 13.5 Å². The molecular formula is C8H9F2NO.